The Balaban J connectivity index is 1.65. The second kappa shape index (κ2) is 12.3. The first-order chi connectivity index (χ1) is 13.1. The third-order valence-electron chi connectivity index (χ3n) is 4.72. The Hall–Kier alpha value is -1.18. The molecule has 1 fully saturated rings. The van der Waals surface area contributed by atoms with Gasteiger partial charge in [0.15, 0.2) is 5.96 Å². The van der Waals surface area contributed by atoms with Gasteiger partial charge >= 0.3 is 0 Å². The summed E-state index contributed by atoms with van der Waals surface area (Å²) in [5.74, 6) is 0.769. The van der Waals surface area contributed by atoms with Crippen molar-refractivity contribution in [3.05, 3.63) is 34.1 Å². The SMILES string of the molecule is CN=C(NCCCc1ccc(Br)cc1F)N1CCC(OCCCOC)CC1. The second-order valence-electron chi connectivity index (χ2n) is 6.72. The fraction of sp³-hybridized carbons (Fsp3) is 0.650. The van der Waals surface area contributed by atoms with Gasteiger partial charge in [-0.3, -0.25) is 4.99 Å². The number of nitrogens with one attached hydrogen (secondary N) is 1. The van der Waals surface area contributed by atoms with Gasteiger partial charge in [-0.05, 0) is 49.8 Å². The normalized spacial score (nSPS) is 16.0. The summed E-state index contributed by atoms with van der Waals surface area (Å²) in [5.41, 5.74) is 0.751. The van der Waals surface area contributed by atoms with Crippen molar-refractivity contribution < 1.29 is 13.9 Å². The van der Waals surface area contributed by atoms with Crippen LogP contribution in [-0.2, 0) is 15.9 Å². The average molecular weight is 444 g/mol. The molecule has 0 bridgehead atoms. The van der Waals surface area contributed by atoms with Gasteiger partial charge in [-0.15, -0.1) is 0 Å². The lowest BCUT2D eigenvalue weighted by Crippen LogP contribution is -2.47. The van der Waals surface area contributed by atoms with E-state index in [9.17, 15) is 4.39 Å². The zero-order chi connectivity index (χ0) is 19.5. The molecule has 1 aromatic rings. The molecule has 2 rings (SSSR count). The van der Waals surface area contributed by atoms with Crippen LogP contribution in [0.5, 0.6) is 0 Å². The Morgan fingerprint density at radius 3 is 2.74 bits per heavy atom. The van der Waals surface area contributed by atoms with Crippen molar-refractivity contribution in [2.75, 3.05) is 47.0 Å². The van der Waals surface area contributed by atoms with Gasteiger partial charge in [0.1, 0.15) is 5.82 Å². The number of likely N-dealkylation sites (tertiary alicyclic amines) is 1. The highest BCUT2D eigenvalue weighted by atomic mass is 79.9. The lowest BCUT2D eigenvalue weighted by atomic mass is 10.1. The van der Waals surface area contributed by atoms with Gasteiger partial charge in [0.25, 0.3) is 0 Å². The van der Waals surface area contributed by atoms with Crippen LogP contribution in [0.15, 0.2) is 27.7 Å². The number of aliphatic imine (C=N–C) groups is 1. The van der Waals surface area contributed by atoms with Crippen LogP contribution in [0.4, 0.5) is 4.39 Å². The molecule has 0 spiro atoms. The molecule has 0 atom stereocenters. The average Bonchev–Trinajstić information content (AvgIpc) is 2.67. The van der Waals surface area contributed by atoms with Crippen molar-refractivity contribution in [2.24, 2.45) is 4.99 Å². The van der Waals surface area contributed by atoms with Crippen molar-refractivity contribution in [3.63, 3.8) is 0 Å². The molecule has 0 unspecified atom stereocenters. The van der Waals surface area contributed by atoms with Crippen LogP contribution in [0, 0.1) is 5.82 Å². The predicted octanol–water partition coefficient (Wildman–Crippen LogP) is 3.61. The highest BCUT2D eigenvalue weighted by Crippen LogP contribution is 2.17. The molecular weight excluding hydrogens is 413 g/mol. The minimum absolute atomic E-state index is 0.152. The number of methoxy groups -OCH3 is 1. The molecule has 1 heterocycles. The maximum absolute atomic E-state index is 13.9. The zero-order valence-corrected chi connectivity index (χ0v) is 17.9. The van der Waals surface area contributed by atoms with Crippen molar-refractivity contribution in [1.82, 2.24) is 10.2 Å². The Morgan fingerprint density at radius 1 is 1.30 bits per heavy atom. The van der Waals surface area contributed by atoms with E-state index in [1.807, 2.05) is 19.2 Å². The van der Waals surface area contributed by atoms with Crippen LogP contribution in [0.3, 0.4) is 0 Å². The molecule has 1 N–H and O–H groups in total. The monoisotopic (exact) mass is 443 g/mol. The largest absolute Gasteiger partial charge is 0.385 e. The fourth-order valence-electron chi connectivity index (χ4n) is 3.22. The first-order valence-corrected chi connectivity index (χ1v) is 10.4. The summed E-state index contributed by atoms with van der Waals surface area (Å²) in [6.07, 6.45) is 4.86. The predicted molar refractivity (Wildman–Crippen MR) is 111 cm³/mol. The third kappa shape index (κ3) is 7.76. The maximum Gasteiger partial charge on any atom is 0.193 e. The van der Waals surface area contributed by atoms with Crippen LogP contribution in [0.2, 0.25) is 0 Å². The number of nitrogens with zero attached hydrogens (tertiary/aromatic N) is 2. The van der Waals surface area contributed by atoms with E-state index in [0.717, 1.165) is 74.5 Å². The highest BCUT2D eigenvalue weighted by Gasteiger charge is 2.21. The van der Waals surface area contributed by atoms with Crippen molar-refractivity contribution >= 4 is 21.9 Å². The minimum atomic E-state index is -0.152. The Kier molecular flexibility index (Phi) is 10.1. The maximum atomic E-state index is 13.9. The molecule has 0 radical (unpaired) electrons. The summed E-state index contributed by atoms with van der Waals surface area (Å²) in [5, 5.41) is 3.40. The van der Waals surface area contributed by atoms with E-state index in [1.54, 1.807) is 7.11 Å². The van der Waals surface area contributed by atoms with Crippen LogP contribution >= 0.6 is 15.9 Å². The van der Waals surface area contributed by atoms with E-state index in [1.165, 1.54) is 6.07 Å². The molecule has 7 heteroatoms. The number of hydrogen-bond donors (Lipinski definition) is 1. The van der Waals surface area contributed by atoms with E-state index in [-0.39, 0.29) is 5.82 Å². The Labute approximate surface area is 170 Å². The quantitative estimate of drug-likeness (QED) is 0.359. The summed E-state index contributed by atoms with van der Waals surface area (Å²) in [6, 6.07) is 5.24. The molecule has 1 aliphatic rings. The van der Waals surface area contributed by atoms with Gasteiger partial charge in [-0.25, -0.2) is 4.39 Å². The van der Waals surface area contributed by atoms with Gasteiger partial charge in [0.05, 0.1) is 6.10 Å². The Morgan fingerprint density at radius 2 is 2.07 bits per heavy atom. The summed E-state index contributed by atoms with van der Waals surface area (Å²) in [7, 11) is 3.52. The molecule has 1 aromatic carbocycles. The van der Waals surface area contributed by atoms with Gasteiger partial charge in [-0.1, -0.05) is 22.0 Å². The van der Waals surface area contributed by atoms with E-state index in [2.05, 4.69) is 31.1 Å². The summed E-state index contributed by atoms with van der Waals surface area (Å²) >= 11 is 3.29. The summed E-state index contributed by atoms with van der Waals surface area (Å²) < 4.78 is 25.6. The Bertz CT molecular complexity index is 593. The standard InChI is InChI=1S/C20H31BrFN3O2/c1-23-20(24-10-3-5-16-6-7-17(21)15-19(16)22)25-11-8-18(9-12-25)27-14-4-13-26-2/h6-7,15,18H,3-5,8-14H2,1-2H3,(H,23,24). The number of halogens is 2. The number of benzene rings is 1. The van der Waals surface area contributed by atoms with Gasteiger partial charge < -0.3 is 19.7 Å². The fourth-order valence-corrected chi connectivity index (χ4v) is 3.56. The lowest BCUT2D eigenvalue weighted by Gasteiger charge is -2.34. The number of piperidine rings is 1. The van der Waals surface area contributed by atoms with Gasteiger partial charge in [0.2, 0.25) is 0 Å². The lowest BCUT2D eigenvalue weighted by molar-refractivity contribution is 0.00991. The molecule has 0 saturated carbocycles. The summed E-state index contributed by atoms with van der Waals surface area (Å²) in [6.45, 7) is 4.17. The highest BCUT2D eigenvalue weighted by molar-refractivity contribution is 9.10. The van der Waals surface area contributed by atoms with Gasteiger partial charge in [0, 0.05) is 51.5 Å². The molecule has 152 valence electrons. The van der Waals surface area contributed by atoms with E-state index in [0.29, 0.717) is 12.5 Å². The zero-order valence-electron chi connectivity index (χ0n) is 16.3. The van der Waals surface area contributed by atoms with E-state index in [4.69, 9.17) is 9.47 Å². The van der Waals surface area contributed by atoms with Crippen LogP contribution < -0.4 is 5.32 Å². The smallest absolute Gasteiger partial charge is 0.193 e. The summed E-state index contributed by atoms with van der Waals surface area (Å²) in [4.78, 5) is 6.66. The van der Waals surface area contributed by atoms with E-state index >= 15 is 0 Å². The van der Waals surface area contributed by atoms with Gasteiger partial charge in [-0.2, -0.15) is 0 Å². The molecule has 5 nitrogen and oxygen atoms in total. The first-order valence-electron chi connectivity index (χ1n) is 9.64. The van der Waals surface area contributed by atoms with Crippen LogP contribution in [0.1, 0.15) is 31.2 Å². The molecule has 27 heavy (non-hydrogen) atoms. The molecule has 1 aliphatic heterocycles. The van der Waals surface area contributed by atoms with Crippen molar-refractivity contribution in [1.29, 1.82) is 0 Å². The van der Waals surface area contributed by atoms with Crippen molar-refractivity contribution in [2.45, 2.75) is 38.2 Å². The minimum Gasteiger partial charge on any atom is -0.385 e. The van der Waals surface area contributed by atoms with Crippen molar-refractivity contribution in [3.8, 4) is 0 Å². The molecule has 0 amide bonds. The number of aryl methyl sites for hydroxylation is 1. The topological polar surface area (TPSA) is 46.1 Å². The molecule has 0 aromatic heterocycles. The third-order valence-corrected chi connectivity index (χ3v) is 5.21. The van der Waals surface area contributed by atoms with Crippen LogP contribution in [0.25, 0.3) is 0 Å². The molecule has 0 aliphatic carbocycles. The number of guanidine groups is 1. The van der Waals surface area contributed by atoms with Crippen LogP contribution in [-0.4, -0.2) is 64.0 Å². The van der Waals surface area contributed by atoms with E-state index < -0.39 is 0 Å². The second-order valence-corrected chi connectivity index (χ2v) is 7.63. The number of hydrogen-bond acceptors (Lipinski definition) is 3. The number of ether oxygens (including phenoxy) is 2. The number of rotatable bonds is 9. The first kappa shape index (κ1) is 22.1. The molecule has 1 saturated heterocycles. The molecular formula is C20H31BrFN3O2.